The van der Waals surface area contributed by atoms with Crippen LogP contribution in [0.4, 0.5) is 5.69 Å². The van der Waals surface area contributed by atoms with Gasteiger partial charge in [0, 0.05) is 11.3 Å². The fourth-order valence-corrected chi connectivity index (χ4v) is 2.72. The van der Waals surface area contributed by atoms with Crippen molar-refractivity contribution in [3.8, 4) is 11.5 Å². The number of benzene rings is 2. The lowest BCUT2D eigenvalue weighted by Crippen LogP contribution is -2.44. The molecular formula is C22H28N2O4. The Bertz CT molecular complexity index is 770. The molecule has 0 spiro atoms. The third-order valence-corrected chi connectivity index (χ3v) is 4.11. The van der Waals surface area contributed by atoms with Gasteiger partial charge in [0.2, 0.25) is 5.91 Å². The summed E-state index contributed by atoms with van der Waals surface area (Å²) < 4.78 is 10.5. The topological polar surface area (TPSA) is 76.7 Å². The minimum Gasteiger partial charge on any atom is -0.497 e. The summed E-state index contributed by atoms with van der Waals surface area (Å²) in [7, 11) is 1.57. The summed E-state index contributed by atoms with van der Waals surface area (Å²) in [5, 5.41) is 5.70. The highest BCUT2D eigenvalue weighted by Gasteiger charge is 2.22. The fraction of sp³-hybridized carbons (Fsp3) is 0.364. The van der Waals surface area contributed by atoms with Crippen LogP contribution in [0, 0.1) is 5.92 Å². The zero-order chi connectivity index (χ0) is 20.5. The molecular weight excluding hydrogens is 356 g/mol. The van der Waals surface area contributed by atoms with Crippen molar-refractivity contribution in [1.29, 1.82) is 0 Å². The number of hydrogen-bond acceptors (Lipinski definition) is 4. The van der Waals surface area contributed by atoms with Crippen molar-refractivity contribution in [2.24, 2.45) is 5.92 Å². The lowest BCUT2D eigenvalue weighted by atomic mass is 10.0. The number of methoxy groups -OCH3 is 1. The highest BCUT2D eigenvalue weighted by molar-refractivity contribution is 6.01. The molecule has 0 heterocycles. The van der Waals surface area contributed by atoms with E-state index in [2.05, 4.69) is 10.6 Å². The first kappa shape index (κ1) is 21.3. The van der Waals surface area contributed by atoms with Crippen molar-refractivity contribution >= 4 is 17.5 Å². The number of anilines is 1. The van der Waals surface area contributed by atoms with E-state index in [0.29, 0.717) is 30.0 Å². The van der Waals surface area contributed by atoms with E-state index in [1.807, 2.05) is 20.8 Å². The third-order valence-electron chi connectivity index (χ3n) is 4.11. The van der Waals surface area contributed by atoms with E-state index in [4.69, 9.17) is 9.47 Å². The van der Waals surface area contributed by atoms with Gasteiger partial charge in [-0.2, -0.15) is 0 Å². The number of nitrogens with one attached hydrogen (secondary N) is 2. The predicted molar refractivity (Wildman–Crippen MR) is 110 cm³/mol. The first-order chi connectivity index (χ1) is 13.4. The van der Waals surface area contributed by atoms with E-state index in [1.165, 1.54) is 0 Å². The first-order valence-corrected chi connectivity index (χ1v) is 9.41. The molecule has 0 unspecified atom stereocenters. The van der Waals surface area contributed by atoms with Gasteiger partial charge in [0.05, 0.1) is 13.7 Å². The average molecular weight is 384 g/mol. The molecule has 0 saturated heterocycles. The van der Waals surface area contributed by atoms with Crippen LogP contribution in [0.5, 0.6) is 11.5 Å². The standard InChI is InChI=1S/C22H28N2O4/c1-5-28-19-12-8-17(9-13-19)23-22(26)20(14-15(2)3)24-21(25)16-6-10-18(27-4)11-7-16/h6-13,15,20H,5,14H2,1-4H3,(H,23,26)(H,24,25)/t20-/m0/s1. The van der Waals surface area contributed by atoms with Crippen molar-refractivity contribution in [2.75, 3.05) is 19.0 Å². The van der Waals surface area contributed by atoms with Gasteiger partial charge in [0.1, 0.15) is 17.5 Å². The monoisotopic (exact) mass is 384 g/mol. The van der Waals surface area contributed by atoms with Crippen LogP contribution < -0.4 is 20.1 Å². The molecule has 2 rings (SSSR count). The van der Waals surface area contributed by atoms with E-state index in [0.717, 1.165) is 5.75 Å². The molecule has 2 N–H and O–H groups in total. The Morgan fingerprint density at radius 1 is 0.964 bits per heavy atom. The Hall–Kier alpha value is -3.02. The Morgan fingerprint density at radius 3 is 2.11 bits per heavy atom. The Labute approximate surface area is 166 Å². The number of amides is 2. The lowest BCUT2D eigenvalue weighted by Gasteiger charge is -2.20. The molecule has 2 aromatic carbocycles. The van der Waals surface area contributed by atoms with E-state index >= 15 is 0 Å². The number of rotatable bonds is 9. The molecule has 0 aliphatic heterocycles. The van der Waals surface area contributed by atoms with Gasteiger partial charge in [-0.15, -0.1) is 0 Å². The van der Waals surface area contributed by atoms with Gasteiger partial charge in [-0.3, -0.25) is 9.59 Å². The number of hydrogen-bond donors (Lipinski definition) is 2. The fourth-order valence-electron chi connectivity index (χ4n) is 2.72. The van der Waals surface area contributed by atoms with Crippen LogP contribution in [0.2, 0.25) is 0 Å². The summed E-state index contributed by atoms with van der Waals surface area (Å²) in [6.45, 7) is 6.52. The van der Waals surface area contributed by atoms with Gasteiger partial charge in [0.15, 0.2) is 0 Å². The summed E-state index contributed by atoms with van der Waals surface area (Å²) in [6.07, 6.45) is 0.532. The zero-order valence-corrected chi connectivity index (χ0v) is 16.8. The van der Waals surface area contributed by atoms with Crippen LogP contribution in [-0.4, -0.2) is 31.6 Å². The van der Waals surface area contributed by atoms with Crippen LogP contribution in [0.15, 0.2) is 48.5 Å². The quantitative estimate of drug-likeness (QED) is 0.688. The number of carbonyl (C=O) groups excluding carboxylic acids is 2. The molecule has 0 radical (unpaired) electrons. The largest absolute Gasteiger partial charge is 0.497 e. The van der Waals surface area contributed by atoms with Crippen molar-refractivity contribution < 1.29 is 19.1 Å². The molecule has 0 aliphatic carbocycles. The molecule has 0 aromatic heterocycles. The Kier molecular flexibility index (Phi) is 7.87. The Balaban J connectivity index is 2.06. The van der Waals surface area contributed by atoms with Gasteiger partial charge in [0.25, 0.3) is 5.91 Å². The van der Waals surface area contributed by atoms with Crippen LogP contribution in [-0.2, 0) is 4.79 Å². The Morgan fingerprint density at radius 2 is 1.57 bits per heavy atom. The minimum absolute atomic E-state index is 0.243. The predicted octanol–water partition coefficient (Wildman–Crippen LogP) is 3.88. The summed E-state index contributed by atoms with van der Waals surface area (Å²) in [5.74, 6) is 1.11. The lowest BCUT2D eigenvalue weighted by molar-refractivity contribution is -0.118. The normalized spacial score (nSPS) is 11.6. The molecule has 150 valence electrons. The van der Waals surface area contributed by atoms with E-state index in [9.17, 15) is 9.59 Å². The van der Waals surface area contributed by atoms with Crippen LogP contribution in [0.25, 0.3) is 0 Å². The molecule has 0 fully saturated rings. The van der Waals surface area contributed by atoms with Crippen LogP contribution in [0.1, 0.15) is 37.6 Å². The number of carbonyl (C=O) groups is 2. The number of ether oxygens (including phenoxy) is 2. The third kappa shape index (κ3) is 6.30. The molecule has 28 heavy (non-hydrogen) atoms. The molecule has 1 atom stereocenters. The second-order valence-electron chi connectivity index (χ2n) is 6.83. The average Bonchev–Trinajstić information content (AvgIpc) is 2.68. The molecule has 6 nitrogen and oxygen atoms in total. The van der Waals surface area contributed by atoms with Crippen LogP contribution in [0.3, 0.4) is 0 Å². The van der Waals surface area contributed by atoms with E-state index in [-0.39, 0.29) is 17.7 Å². The molecule has 2 amide bonds. The van der Waals surface area contributed by atoms with Gasteiger partial charge < -0.3 is 20.1 Å². The van der Waals surface area contributed by atoms with Gasteiger partial charge in [-0.1, -0.05) is 13.8 Å². The second kappa shape index (κ2) is 10.3. The van der Waals surface area contributed by atoms with Gasteiger partial charge >= 0.3 is 0 Å². The van der Waals surface area contributed by atoms with Gasteiger partial charge in [-0.05, 0) is 67.8 Å². The summed E-state index contributed by atoms with van der Waals surface area (Å²) in [6, 6.07) is 13.3. The first-order valence-electron chi connectivity index (χ1n) is 9.41. The molecule has 2 aromatic rings. The van der Waals surface area contributed by atoms with Gasteiger partial charge in [-0.25, -0.2) is 0 Å². The maximum absolute atomic E-state index is 12.7. The summed E-state index contributed by atoms with van der Waals surface area (Å²) in [4.78, 5) is 25.3. The highest BCUT2D eigenvalue weighted by atomic mass is 16.5. The smallest absolute Gasteiger partial charge is 0.251 e. The maximum Gasteiger partial charge on any atom is 0.251 e. The van der Waals surface area contributed by atoms with Crippen LogP contribution >= 0.6 is 0 Å². The van der Waals surface area contributed by atoms with Crippen molar-refractivity contribution in [2.45, 2.75) is 33.2 Å². The van der Waals surface area contributed by atoms with E-state index < -0.39 is 6.04 Å². The SMILES string of the molecule is CCOc1ccc(NC(=O)[C@H](CC(C)C)NC(=O)c2ccc(OC)cc2)cc1. The van der Waals surface area contributed by atoms with Crippen molar-refractivity contribution in [3.63, 3.8) is 0 Å². The molecule has 6 heteroatoms. The van der Waals surface area contributed by atoms with Crippen molar-refractivity contribution in [3.05, 3.63) is 54.1 Å². The molecule has 0 bridgehead atoms. The van der Waals surface area contributed by atoms with Crippen molar-refractivity contribution in [1.82, 2.24) is 5.32 Å². The second-order valence-corrected chi connectivity index (χ2v) is 6.83. The molecule has 0 aliphatic rings. The molecule has 0 saturated carbocycles. The summed E-state index contributed by atoms with van der Waals surface area (Å²) in [5.41, 5.74) is 1.13. The van der Waals surface area contributed by atoms with E-state index in [1.54, 1.807) is 55.6 Å². The summed E-state index contributed by atoms with van der Waals surface area (Å²) >= 11 is 0. The highest BCUT2D eigenvalue weighted by Crippen LogP contribution is 2.17. The maximum atomic E-state index is 12.7. The zero-order valence-electron chi connectivity index (χ0n) is 16.8. The minimum atomic E-state index is -0.638.